The summed E-state index contributed by atoms with van der Waals surface area (Å²) in [6, 6.07) is 10.1. The lowest BCUT2D eigenvalue weighted by Crippen LogP contribution is -2.12. The Hall–Kier alpha value is -1.26. The maximum Gasteiger partial charge on any atom is 0.255 e. The minimum atomic E-state index is -0.278. The summed E-state index contributed by atoms with van der Waals surface area (Å²) in [7, 11) is 1.62. The molecule has 0 saturated heterocycles. The number of hydrogen-bond donors (Lipinski definition) is 1. The predicted octanol–water partition coefficient (Wildman–Crippen LogP) is 5.05. The van der Waals surface area contributed by atoms with Crippen LogP contribution in [0.25, 0.3) is 0 Å². The molecule has 0 radical (unpaired) electrons. The van der Waals surface area contributed by atoms with E-state index >= 15 is 0 Å². The van der Waals surface area contributed by atoms with Gasteiger partial charge in [0.05, 0.1) is 27.4 Å². The second kappa shape index (κ2) is 7.14. The van der Waals surface area contributed by atoms with Crippen molar-refractivity contribution >= 4 is 46.4 Å². The Balaban J connectivity index is 2.16. The topological polar surface area (TPSA) is 38.3 Å². The molecule has 0 fully saturated rings. The quantitative estimate of drug-likeness (QED) is 0.789. The van der Waals surface area contributed by atoms with Crippen LogP contribution in [0.5, 0.6) is 0 Å². The Morgan fingerprint density at radius 1 is 1.05 bits per heavy atom. The van der Waals surface area contributed by atoms with Gasteiger partial charge in [0.2, 0.25) is 0 Å². The number of carbonyl (C=O) groups excluding carboxylic acids is 1. The summed E-state index contributed by atoms with van der Waals surface area (Å²) in [5.41, 5.74) is 1.91. The van der Waals surface area contributed by atoms with Crippen LogP contribution >= 0.6 is 34.8 Å². The highest BCUT2D eigenvalue weighted by molar-refractivity contribution is 6.44. The van der Waals surface area contributed by atoms with Crippen molar-refractivity contribution in [2.24, 2.45) is 0 Å². The Labute approximate surface area is 137 Å². The van der Waals surface area contributed by atoms with Crippen molar-refractivity contribution in [1.29, 1.82) is 0 Å². The molecule has 0 bridgehead atoms. The van der Waals surface area contributed by atoms with Gasteiger partial charge in [0, 0.05) is 12.7 Å². The fourth-order valence-electron chi connectivity index (χ4n) is 1.73. The second-order valence-electron chi connectivity index (χ2n) is 4.33. The molecular formula is C15H12Cl3NO2. The van der Waals surface area contributed by atoms with E-state index < -0.39 is 0 Å². The van der Waals surface area contributed by atoms with E-state index in [0.29, 0.717) is 32.9 Å². The van der Waals surface area contributed by atoms with Crippen LogP contribution in [-0.2, 0) is 11.3 Å². The lowest BCUT2D eigenvalue weighted by atomic mass is 10.1. The fraction of sp³-hybridized carbons (Fsp3) is 0.133. The first-order chi connectivity index (χ1) is 10.0. The van der Waals surface area contributed by atoms with E-state index in [-0.39, 0.29) is 5.91 Å². The van der Waals surface area contributed by atoms with Crippen LogP contribution < -0.4 is 5.32 Å². The highest BCUT2D eigenvalue weighted by Gasteiger charge is 2.11. The highest BCUT2D eigenvalue weighted by atomic mass is 35.5. The standard InChI is InChI=1S/C15H12Cl3NO2/c1-21-8-9-2-4-10(5-3-9)15(20)19-14-7-12(17)11(16)6-13(14)18/h2-7H,8H2,1H3,(H,19,20). The van der Waals surface area contributed by atoms with E-state index in [0.717, 1.165) is 5.56 Å². The zero-order chi connectivity index (χ0) is 15.4. The van der Waals surface area contributed by atoms with Crippen LogP contribution in [0.1, 0.15) is 15.9 Å². The van der Waals surface area contributed by atoms with Crippen LogP contribution in [0.4, 0.5) is 5.69 Å². The van der Waals surface area contributed by atoms with Crippen molar-refractivity contribution in [3.05, 3.63) is 62.6 Å². The van der Waals surface area contributed by atoms with Crippen LogP contribution in [0.3, 0.4) is 0 Å². The molecule has 0 heterocycles. The molecule has 1 amide bonds. The van der Waals surface area contributed by atoms with E-state index in [1.54, 1.807) is 19.2 Å². The summed E-state index contributed by atoms with van der Waals surface area (Å²) in [6.07, 6.45) is 0. The number of benzene rings is 2. The highest BCUT2D eigenvalue weighted by Crippen LogP contribution is 2.32. The number of carbonyl (C=O) groups is 1. The van der Waals surface area contributed by atoms with Gasteiger partial charge in [-0.25, -0.2) is 0 Å². The number of amides is 1. The molecule has 0 spiro atoms. The number of nitrogens with one attached hydrogen (secondary N) is 1. The first-order valence-corrected chi connectivity index (χ1v) is 7.18. The van der Waals surface area contributed by atoms with Crippen LogP contribution in [-0.4, -0.2) is 13.0 Å². The van der Waals surface area contributed by atoms with Gasteiger partial charge in [-0.3, -0.25) is 4.79 Å². The average Bonchev–Trinajstić information content (AvgIpc) is 2.46. The van der Waals surface area contributed by atoms with Gasteiger partial charge in [0.25, 0.3) is 5.91 Å². The van der Waals surface area contributed by atoms with E-state index in [1.165, 1.54) is 12.1 Å². The van der Waals surface area contributed by atoms with Crippen LogP contribution in [0.15, 0.2) is 36.4 Å². The molecule has 0 unspecified atom stereocenters. The summed E-state index contributed by atoms with van der Waals surface area (Å²) < 4.78 is 5.02. The summed E-state index contributed by atoms with van der Waals surface area (Å²) >= 11 is 17.8. The molecule has 1 N–H and O–H groups in total. The summed E-state index contributed by atoms with van der Waals surface area (Å²) in [5.74, 6) is -0.278. The molecule has 2 aromatic carbocycles. The number of ether oxygens (including phenoxy) is 1. The SMILES string of the molecule is COCc1ccc(C(=O)Nc2cc(Cl)c(Cl)cc2Cl)cc1. The summed E-state index contributed by atoms with van der Waals surface area (Å²) in [4.78, 5) is 12.2. The van der Waals surface area contributed by atoms with Gasteiger partial charge in [-0.15, -0.1) is 0 Å². The molecule has 3 nitrogen and oxygen atoms in total. The van der Waals surface area contributed by atoms with Crippen molar-refractivity contribution in [1.82, 2.24) is 0 Å². The fourth-order valence-corrected chi connectivity index (χ4v) is 2.33. The van der Waals surface area contributed by atoms with E-state index in [2.05, 4.69) is 5.32 Å². The minimum absolute atomic E-state index is 0.278. The molecule has 0 aliphatic heterocycles. The molecule has 2 rings (SSSR count). The predicted molar refractivity (Wildman–Crippen MR) is 86.6 cm³/mol. The van der Waals surface area contributed by atoms with Crippen molar-refractivity contribution < 1.29 is 9.53 Å². The Morgan fingerprint density at radius 2 is 1.67 bits per heavy atom. The maximum absolute atomic E-state index is 12.2. The lowest BCUT2D eigenvalue weighted by molar-refractivity contribution is 0.102. The average molecular weight is 345 g/mol. The first-order valence-electron chi connectivity index (χ1n) is 6.05. The van der Waals surface area contributed by atoms with Gasteiger partial charge in [-0.2, -0.15) is 0 Å². The molecule has 0 aliphatic carbocycles. The Morgan fingerprint density at radius 3 is 2.29 bits per heavy atom. The lowest BCUT2D eigenvalue weighted by Gasteiger charge is -2.09. The van der Waals surface area contributed by atoms with Gasteiger partial charge < -0.3 is 10.1 Å². The molecule has 6 heteroatoms. The minimum Gasteiger partial charge on any atom is -0.380 e. The first kappa shape index (κ1) is 16.1. The monoisotopic (exact) mass is 343 g/mol. The molecule has 0 saturated carbocycles. The van der Waals surface area contributed by atoms with Crippen molar-refractivity contribution in [3.63, 3.8) is 0 Å². The third-order valence-electron chi connectivity index (χ3n) is 2.79. The van der Waals surface area contributed by atoms with E-state index in [9.17, 15) is 4.79 Å². The van der Waals surface area contributed by atoms with Crippen molar-refractivity contribution in [2.75, 3.05) is 12.4 Å². The van der Waals surface area contributed by atoms with Crippen LogP contribution in [0, 0.1) is 0 Å². The van der Waals surface area contributed by atoms with Gasteiger partial charge in [0.1, 0.15) is 0 Å². The molecule has 0 aliphatic rings. The third kappa shape index (κ3) is 4.11. The molecule has 2 aromatic rings. The van der Waals surface area contributed by atoms with E-state index in [1.807, 2.05) is 12.1 Å². The third-order valence-corrected chi connectivity index (χ3v) is 3.82. The molecule has 0 atom stereocenters. The van der Waals surface area contributed by atoms with Crippen LogP contribution in [0.2, 0.25) is 15.1 Å². The molecule has 110 valence electrons. The maximum atomic E-state index is 12.2. The van der Waals surface area contributed by atoms with Crippen molar-refractivity contribution in [3.8, 4) is 0 Å². The molecule has 21 heavy (non-hydrogen) atoms. The number of hydrogen-bond acceptors (Lipinski definition) is 2. The normalized spacial score (nSPS) is 10.5. The summed E-state index contributed by atoms with van der Waals surface area (Å²) in [6.45, 7) is 0.501. The number of anilines is 1. The van der Waals surface area contributed by atoms with Gasteiger partial charge >= 0.3 is 0 Å². The number of rotatable bonds is 4. The number of halogens is 3. The smallest absolute Gasteiger partial charge is 0.255 e. The largest absolute Gasteiger partial charge is 0.380 e. The Kier molecular flexibility index (Phi) is 5.48. The van der Waals surface area contributed by atoms with E-state index in [4.69, 9.17) is 39.5 Å². The Bertz CT molecular complexity index is 657. The molecular weight excluding hydrogens is 333 g/mol. The zero-order valence-corrected chi connectivity index (χ0v) is 13.4. The van der Waals surface area contributed by atoms with Gasteiger partial charge in [-0.1, -0.05) is 46.9 Å². The van der Waals surface area contributed by atoms with Gasteiger partial charge in [-0.05, 0) is 29.8 Å². The van der Waals surface area contributed by atoms with Crippen molar-refractivity contribution in [2.45, 2.75) is 6.61 Å². The zero-order valence-electron chi connectivity index (χ0n) is 11.1. The molecule has 0 aromatic heterocycles. The summed E-state index contributed by atoms with van der Waals surface area (Å²) in [5, 5.41) is 3.69. The van der Waals surface area contributed by atoms with Gasteiger partial charge in [0.15, 0.2) is 0 Å². The number of methoxy groups -OCH3 is 1. The second-order valence-corrected chi connectivity index (χ2v) is 5.55.